The monoisotopic (exact) mass is 372 g/mol. The van der Waals surface area contributed by atoms with Crippen molar-refractivity contribution in [1.82, 2.24) is 20.4 Å². The number of nitrogens with zero attached hydrogens (tertiary/aromatic N) is 2. The van der Waals surface area contributed by atoms with Crippen molar-refractivity contribution in [2.75, 3.05) is 13.1 Å². The number of H-pyrrole nitrogens is 1. The predicted molar refractivity (Wildman–Crippen MR) is 104 cm³/mol. The van der Waals surface area contributed by atoms with Gasteiger partial charge in [0.15, 0.2) is 0 Å². The van der Waals surface area contributed by atoms with Gasteiger partial charge in [-0.25, -0.2) is 0 Å². The SMILES string of the molecule is O=C(CCc1n[nH]c2c1CCCC2)N[C@@H]1CCCN(Cc2cccs2)C1. The minimum absolute atomic E-state index is 0.167. The summed E-state index contributed by atoms with van der Waals surface area (Å²) in [6, 6.07) is 4.58. The van der Waals surface area contributed by atoms with E-state index in [2.05, 4.69) is 37.9 Å². The topological polar surface area (TPSA) is 61.0 Å². The molecule has 0 unspecified atom stereocenters. The van der Waals surface area contributed by atoms with Gasteiger partial charge in [0.1, 0.15) is 0 Å². The van der Waals surface area contributed by atoms with Crippen molar-refractivity contribution in [2.24, 2.45) is 0 Å². The van der Waals surface area contributed by atoms with Gasteiger partial charge >= 0.3 is 0 Å². The first-order chi connectivity index (χ1) is 12.8. The molecule has 1 amide bonds. The van der Waals surface area contributed by atoms with Gasteiger partial charge < -0.3 is 5.32 Å². The largest absolute Gasteiger partial charge is 0.352 e. The summed E-state index contributed by atoms with van der Waals surface area (Å²) in [6.45, 7) is 3.09. The Morgan fingerprint density at radius 3 is 3.15 bits per heavy atom. The van der Waals surface area contributed by atoms with Crippen molar-refractivity contribution in [3.05, 3.63) is 39.3 Å². The summed E-state index contributed by atoms with van der Waals surface area (Å²) in [4.78, 5) is 16.3. The van der Waals surface area contributed by atoms with E-state index in [-0.39, 0.29) is 11.9 Å². The van der Waals surface area contributed by atoms with Crippen LogP contribution in [0.3, 0.4) is 0 Å². The third kappa shape index (κ3) is 4.35. The van der Waals surface area contributed by atoms with Gasteiger partial charge in [-0.05, 0) is 62.1 Å². The number of amides is 1. The molecule has 0 spiro atoms. The Kier molecular flexibility index (Phi) is 5.70. The van der Waals surface area contributed by atoms with Crippen molar-refractivity contribution >= 4 is 17.2 Å². The number of carbonyl (C=O) groups is 1. The number of nitrogens with one attached hydrogen (secondary N) is 2. The molecule has 26 heavy (non-hydrogen) atoms. The highest BCUT2D eigenvalue weighted by molar-refractivity contribution is 7.09. The lowest BCUT2D eigenvalue weighted by Crippen LogP contribution is -2.47. The summed E-state index contributed by atoms with van der Waals surface area (Å²) >= 11 is 1.81. The predicted octanol–water partition coefficient (Wildman–Crippen LogP) is 3.06. The van der Waals surface area contributed by atoms with Crippen LogP contribution in [-0.4, -0.2) is 40.1 Å². The Morgan fingerprint density at radius 2 is 2.27 bits per heavy atom. The molecule has 5 nitrogen and oxygen atoms in total. The van der Waals surface area contributed by atoms with E-state index in [1.807, 2.05) is 11.3 Å². The fourth-order valence-corrected chi connectivity index (χ4v) is 4.97. The lowest BCUT2D eigenvalue weighted by molar-refractivity contribution is -0.122. The normalized spacial score (nSPS) is 20.7. The molecule has 0 bridgehead atoms. The lowest BCUT2D eigenvalue weighted by atomic mass is 9.94. The standard InChI is InChI=1S/C20H28N4OS/c25-20(10-9-19-17-7-1-2-8-18(17)22-23-19)21-15-5-3-11-24(13-15)14-16-6-4-12-26-16/h4,6,12,15H,1-3,5,7-11,13-14H2,(H,21,25)(H,22,23)/t15-/m1/s1. The molecule has 1 aliphatic carbocycles. The Morgan fingerprint density at radius 1 is 1.35 bits per heavy atom. The van der Waals surface area contributed by atoms with E-state index in [0.29, 0.717) is 6.42 Å². The molecule has 0 saturated carbocycles. The Hall–Kier alpha value is -1.66. The van der Waals surface area contributed by atoms with Crippen LogP contribution in [0.2, 0.25) is 0 Å². The first kappa shape index (κ1) is 17.7. The van der Waals surface area contributed by atoms with Crippen LogP contribution in [0.15, 0.2) is 17.5 Å². The molecule has 2 aromatic rings. The molecule has 140 valence electrons. The van der Waals surface area contributed by atoms with Crippen molar-refractivity contribution in [1.29, 1.82) is 0 Å². The number of thiophene rings is 1. The number of carbonyl (C=O) groups excluding carboxylic acids is 1. The zero-order valence-electron chi connectivity index (χ0n) is 15.3. The highest BCUT2D eigenvalue weighted by Crippen LogP contribution is 2.23. The van der Waals surface area contributed by atoms with Gasteiger partial charge in [0.2, 0.25) is 5.91 Å². The zero-order chi connectivity index (χ0) is 17.8. The van der Waals surface area contributed by atoms with Gasteiger partial charge in [-0.1, -0.05) is 6.07 Å². The molecule has 1 fully saturated rings. The molecule has 1 atom stereocenters. The van der Waals surface area contributed by atoms with E-state index in [9.17, 15) is 4.79 Å². The summed E-state index contributed by atoms with van der Waals surface area (Å²) in [5.74, 6) is 0.167. The Bertz CT molecular complexity index is 724. The average molecular weight is 373 g/mol. The molecule has 4 rings (SSSR count). The van der Waals surface area contributed by atoms with Gasteiger partial charge in [-0.2, -0.15) is 5.10 Å². The van der Waals surface area contributed by atoms with Crippen molar-refractivity contribution in [2.45, 2.75) is 64.0 Å². The third-order valence-corrected chi connectivity index (χ3v) is 6.42. The number of hydrogen-bond donors (Lipinski definition) is 2. The second-order valence-electron chi connectivity index (χ2n) is 7.56. The molecule has 0 radical (unpaired) electrons. The smallest absolute Gasteiger partial charge is 0.220 e. The molecule has 0 aromatic carbocycles. The summed E-state index contributed by atoms with van der Waals surface area (Å²) in [6.07, 6.45) is 8.25. The van der Waals surface area contributed by atoms with E-state index in [1.165, 1.54) is 29.0 Å². The molecule has 1 aliphatic heterocycles. The maximum Gasteiger partial charge on any atom is 0.220 e. The fraction of sp³-hybridized carbons (Fsp3) is 0.600. The number of aryl methyl sites for hydroxylation is 2. The highest BCUT2D eigenvalue weighted by Gasteiger charge is 2.22. The van der Waals surface area contributed by atoms with Crippen LogP contribution in [0.4, 0.5) is 0 Å². The molecule has 2 aliphatic rings. The van der Waals surface area contributed by atoms with Crippen molar-refractivity contribution in [3.63, 3.8) is 0 Å². The number of rotatable bonds is 6. The number of aromatic amines is 1. The number of fused-ring (bicyclic) bond motifs is 1. The van der Waals surface area contributed by atoms with E-state index in [0.717, 1.165) is 57.4 Å². The quantitative estimate of drug-likeness (QED) is 0.819. The number of aromatic nitrogens is 2. The maximum absolute atomic E-state index is 12.4. The molecular weight excluding hydrogens is 344 g/mol. The van der Waals surface area contributed by atoms with Crippen LogP contribution in [-0.2, 0) is 30.6 Å². The molecule has 2 N–H and O–H groups in total. The van der Waals surface area contributed by atoms with Crippen LogP contribution in [0.25, 0.3) is 0 Å². The van der Waals surface area contributed by atoms with E-state index in [1.54, 1.807) is 0 Å². The van der Waals surface area contributed by atoms with Crippen LogP contribution in [0.5, 0.6) is 0 Å². The second kappa shape index (κ2) is 8.35. The molecule has 6 heteroatoms. The second-order valence-corrected chi connectivity index (χ2v) is 8.59. The first-order valence-corrected chi connectivity index (χ1v) is 10.7. The van der Waals surface area contributed by atoms with Gasteiger partial charge in [-0.3, -0.25) is 14.8 Å². The summed E-state index contributed by atoms with van der Waals surface area (Å²) in [7, 11) is 0. The van der Waals surface area contributed by atoms with E-state index in [4.69, 9.17) is 0 Å². The van der Waals surface area contributed by atoms with E-state index < -0.39 is 0 Å². The Balaban J connectivity index is 1.24. The van der Waals surface area contributed by atoms with Crippen molar-refractivity contribution < 1.29 is 4.79 Å². The van der Waals surface area contributed by atoms with Gasteiger partial charge in [0.25, 0.3) is 0 Å². The lowest BCUT2D eigenvalue weighted by Gasteiger charge is -2.32. The van der Waals surface area contributed by atoms with Crippen LogP contribution < -0.4 is 5.32 Å². The highest BCUT2D eigenvalue weighted by atomic mass is 32.1. The summed E-state index contributed by atoms with van der Waals surface area (Å²) in [5, 5.41) is 13.0. The first-order valence-electron chi connectivity index (χ1n) is 9.87. The number of hydrogen-bond acceptors (Lipinski definition) is 4. The van der Waals surface area contributed by atoms with Crippen LogP contribution in [0, 0.1) is 0 Å². The van der Waals surface area contributed by atoms with Gasteiger partial charge in [0, 0.05) is 42.5 Å². The molecule has 1 saturated heterocycles. The third-order valence-electron chi connectivity index (χ3n) is 5.56. The molecule has 2 aromatic heterocycles. The van der Waals surface area contributed by atoms with Crippen molar-refractivity contribution in [3.8, 4) is 0 Å². The van der Waals surface area contributed by atoms with Gasteiger partial charge in [0.05, 0.1) is 5.69 Å². The zero-order valence-corrected chi connectivity index (χ0v) is 16.1. The number of piperidine rings is 1. The average Bonchev–Trinajstić information content (AvgIpc) is 3.30. The molecule has 3 heterocycles. The maximum atomic E-state index is 12.4. The fourth-order valence-electron chi connectivity index (χ4n) is 4.23. The van der Waals surface area contributed by atoms with Crippen LogP contribution >= 0.6 is 11.3 Å². The minimum atomic E-state index is 0.167. The summed E-state index contributed by atoms with van der Waals surface area (Å²) < 4.78 is 0. The number of likely N-dealkylation sites (tertiary alicyclic amines) is 1. The van der Waals surface area contributed by atoms with Crippen LogP contribution in [0.1, 0.15) is 53.9 Å². The summed E-state index contributed by atoms with van der Waals surface area (Å²) in [5.41, 5.74) is 3.78. The minimum Gasteiger partial charge on any atom is -0.352 e. The Labute approximate surface area is 159 Å². The molecular formula is C20H28N4OS. The van der Waals surface area contributed by atoms with E-state index >= 15 is 0 Å². The van der Waals surface area contributed by atoms with Gasteiger partial charge in [-0.15, -0.1) is 11.3 Å².